The van der Waals surface area contributed by atoms with Crippen LogP contribution in [0.1, 0.15) is 40.0 Å². The summed E-state index contributed by atoms with van der Waals surface area (Å²) in [4.78, 5) is 0.191. The molecule has 3 atom stereocenters. The van der Waals surface area contributed by atoms with Crippen LogP contribution in [-0.2, 0) is 9.84 Å². The Morgan fingerprint density at radius 2 is 2.10 bits per heavy atom. The van der Waals surface area contributed by atoms with E-state index in [0.29, 0.717) is 17.0 Å². The maximum Gasteiger partial charge on any atom is 0.184 e. The minimum atomic E-state index is -3.33. The topological polar surface area (TPSA) is 85.1 Å². The number of nitrogen functional groups attached to an aromatic ring is 1. The molecule has 1 aliphatic carbocycles. The molecule has 0 bridgehead atoms. The molecule has 1 saturated carbocycles. The Kier molecular flexibility index (Phi) is 4.59. The van der Waals surface area contributed by atoms with Crippen LogP contribution in [0.25, 0.3) is 0 Å². The summed E-state index contributed by atoms with van der Waals surface area (Å²) >= 11 is 1.15. The fraction of sp³-hybridized carbons (Fsp3) is 0.769. The molecule has 3 unspecified atom stereocenters. The normalized spacial score (nSPS) is 27.4. The van der Waals surface area contributed by atoms with Crippen molar-refractivity contribution in [1.82, 2.24) is 4.37 Å². The first-order valence-corrected chi connectivity index (χ1v) is 9.52. The van der Waals surface area contributed by atoms with Gasteiger partial charge in [0.2, 0.25) is 0 Å². The number of hydrogen-bond acceptors (Lipinski definition) is 6. The van der Waals surface area contributed by atoms with Crippen molar-refractivity contribution in [3.63, 3.8) is 0 Å². The van der Waals surface area contributed by atoms with Gasteiger partial charge in [-0.1, -0.05) is 20.8 Å². The number of anilines is 2. The van der Waals surface area contributed by atoms with Crippen molar-refractivity contribution in [3.8, 4) is 0 Å². The van der Waals surface area contributed by atoms with Crippen LogP contribution < -0.4 is 11.1 Å². The van der Waals surface area contributed by atoms with Gasteiger partial charge in [0.05, 0.1) is 5.75 Å². The Bertz CT molecular complexity index is 568. The Morgan fingerprint density at radius 1 is 1.40 bits per heavy atom. The summed E-state index contributed by atoms with van der Waals surface area (Å²) in [6.45, 7) is 6.11. The fourth-order valence-electron chi connectivity index (χ4n) is 2.88. The predicted octanol–water partition coefficient (Wildman–Crippen LogP) is 2.76. The van der Waals surface area contributed by atoms with Crippen LogP contribution in [0, 0.1) is 11.8 Å². The summed E-state index contributed by atoms with van der Waals surface area (Å²) in [5.41, 5.74) is 5.75. The average molecular weight is 317 g/mol. The zero-order chi connectivity index (χ0) is 14.9. The molecule has 20 heavy (non-hydrogen) atoms. The monoisotopic (exact) mass is 317 g/mol. The zero-order valence-electron chi connectivity index (χ0n) is 12.2. The molecular weight excluding hydrogens is 294 g/mol. The molecule has 0 aromatic carbocycles. The lowest BCUT2D eigenvalue weighted by atomic mass is 9.80. The molecule has 0 aliphatic heterocycles. The molecule has 3 N–H and O–H groups in total. The standard InChI is InChI=1S/C13H23N3O2S2/c1-4-20(17,18)11-12(14)16-19-13(11)15-10-6-5-8(2)7-9(10)3/h8-10,15H,4-7H2,1-3H3,(H2,14,16). The molecule has 1 aromatic heterocycles. The quantitative estimate of drug-likeness (QED) is 0.892. The average Bonchev–Trinajstić information content (AvgIpc) is 2.75. The van der Waals surface area contributed by atoms with Crippen LogP contribution in [0.4, 0.5) is 10.8 Å². The molecule has 5 nitrogen and oxygen atoms in total. The summed E-state index contributed by atoms with van der Waals surface area (Å²) in [6, 6.07) is 0.303. The first-order valence-electron chi connectivity index (χ1n) is 7.09. The number of rotatable bonds is 4. The fourth-order valence-corrected chi connectivity index (χ4v) is 5.10. The van der Waals surface area contributed by atoms with E-state index in [-0.39, 0.29) is 16.5 Å². The first-order chi connectivity index (χ1) is 9.35. The van der Waals surface area contributed by atoms with Crippen molar-refractivity contribution in [1.29, 1.82) is 0 Å². The smallest absolute Gasteiger partial charge is 0.184 e. The van der Waals surface area contributed by atoms with E-state index < -0.39 is 9.84 Å². The number of nitrogens with zero attached hydrogens (tertiary/aromatic N) is 1. The van der Waals surface area contributed by atoms with E-state index in [2.05, 4.69) is 23.5 Å². The van der Waals surface area contributed by atoms with Gasteiger partial charge in [0.25, 0.3) is 0 Å². The van der Waals surface area contributed by atoms with E-state index in [4.69, 9.17) is 5.73 Å². The Morgan fingerprint density at radius 3 is 2.70 bits per heavy atom. The van der Waals surface area contributed by atoms with Crippen LogP contribution in [0.2, 0.25) is 0 Å². The lowest BCUT2D eigenvalue weighted by Crippen LogP contribution is -2.33. The highest BCUT2D eigenvalue weighted by Gasteiger charge is 2.29. The predicted molar refractivity (Wildman–Crippen MR) is 83.8 cm³/mol. The minimum Gasteiger partial charge on any atom is -0.382 e. The summed E-state index contributed by atoms with van der Waals surface area (Å²) in [5, 5.41) is 3.99. The summed E-state index contributed by atoms with van der Waals surface area (Å²) < 4.78 is 28.3. The van der Waals surface area contributed by atoms with Crippen molar-refractivity contribution in [2.45, 2.75) is 51.0 Å². The largest absolute Gasteiger partial charge is 0.382 e. The van der Waals surface area contributed by atoms with Gasteiger partial charge in [0, 0.05) is 6.04 Å². The third kappa shape index (κ3) is 3.09. The molecule has 114 valence electrons. The van der Waals surface area contributed by atoms with Crippen molar-refractivity contribution in [3.05, 3.63) is 0 Å². The molecule has 1 heterocycles. The van der Waals surface area contributed by atoms with Crippen molar-refractivity contribution >= 4 is 32.2 Å². The van der Waals surface area contributed by atoms with E-state index in [1.54, 1.807) is 6.92 Å². The second kappa shape index (κ2) is 5.89. The number of nitrogens with one attached hydrogen (secondary N) is 1. The van der Waals surface area contributed by atoms with E-state index in [1.807, 2.05) is 0 Å². The van der Waals surface area contributed by atoms with Crippen molar-refractivity contribution < 1.29 is 8.42 Å². The van der Waals surface area contributed by atoms with Crippen LogP contribution in [-0.4, -0.2) is 24.6 Å². The number of sulfone groups is 1. The Labute approximate surface area is 125 Å². The number of hydrogen-bond donors (Lipinski definition) is 2. The number of aromatic nitrogens is 1. The molecule has 2 rings (SSSR count). The Hall–Kier alpha value is -0.820. The molecular formula is C13H23N3O2S2. The van der Waals surface area contributed by atoms with E-state index in [1.165, 1.54) is 12.8 Å². The highest BCUT2D eigenvalue weighted by atomic mass is 32.2. The molecule has 0 saturated heterocycles. The van der Waals surface area contributed by atoms with Gasteiger partial charge in [-0.15, -0.1) is 0 Å². The highest BCUT2D eigenvalue weighted by Crippen LogP contribution is 2.36. The lowest BCUT2D eigenvalue weighted by molar-refractivity contribution is 0.276. The molecule has 0 radical (unpaired) electrons. The second-order valence-corrected chi connectivity index (χ2v) is 8.76. The summed E-state index contributed by atoms with van der Waals surface area (Å²) in [5.74, 6) is 1.44. The first kappa shape index (κ1) is 15.6. The summed E-state index contributed by atoms with van der Waals surface area (Å²) in [6.07, 6.45) is 3.40. The van der Waals surface area contributed by atoms with Crippen LogP contribution in [0.3, 0.4) is 0 Å². The van der Waals surface area contributed by atoms with E-state index >= 15 is 0 Å². The van der Waals surface area contributed by atoms with Crippen molar-refractivity contribution in [2.24, 2.45) is 11.8 Å². The maximum absolute atomic E-state index is 12.1. The molecule has 0 spiro atoms. The van der Waals surface area contributed by atoms with Gasteiger partial charge in [0.1, 0.15) is 9.90 Å². The zero-order valence-corrected chi connectivity index (χ0v) is 13.9. The third-order valence-corrected chi connectivity index (χ3v) is 6.83. The van der Waals surface area contributed by atoms with E-state index in [9.17, 15) is 8.42 Å². The van der Waals surface area contributed by atoms with Crippen LogP contribution >= 0.6 is 11.5 Å². The van der Waals surface area contributed by atoms with Gasteiger partial charge in [-0.3, -0.25) is 0 Å². The van der Waals surface area contributed by atoms with E-state index in [0.717, 1.165) is 23.9 Å². The second-order valence-electron chi connectivity index (χ2n) is 5.78. The highest BCUT2D eigenvalue weighted by molar-refractivity contribution is 7.91. The molecule has 1 aliphatic rings. The van der Waals surface area contributed by atoms with Crippen LogP contribution in [0.5, 0.6) is 0 Å². The Balaban J connectivity index is 2.23. The van der Waals surface area contributed by atoms with Gasteiger partial charge in [-0.25, -0.2) is 8.42 Å². The van der Waals surface area contributed by atoms with Gasteiger partial charge in [-0.2, -0.15) is 4.37 Å². The van der Waals surface area contributed by atoms with Gasteiger partial charge in [0.15, 0.2) is 15.7 Å². The summed E-state index contributed by atoms with van der Waals surface area (Å²) in [7, 11) is -3.33. The van der Waals surface area contributed by atoms with Gasteiger partial charge >= 0.3 is 0 Å². The third-order valence-electron chi connectivity index (χ3n) is 4.11. The molecule has 0 amide bonds. The number of nitrogens with two attached hydrogens (primary N) is 1. The minimum absolute atomic E-state index is 0.0432. The molecule has 7 heteroatoms. The van der Waals surface area contributed by atoms with Gasteiger partial charge in [-0.05, 0) is 42.6 Å². The lowest BCUT2D eigenvalue weighted by Gasteiger charge is -2.33. The SMILES string of the molecule is CCS(=O)(=O)c1c(N)nsc1NC1CCC(C)CC1C. The molecule has 1 fully saturated rings. The van der Waals surface area contributed by atoms with Crippen LogP contribution in [0.15, 0.2) is 4.90 Å². The van der Waals surface area contributed by atoms with Gasteiger partial charge < -0.3 is 11.1 Å². The molecule has 1 aromatic rings. The van der Waals surface area contributed by atoms with Crippen molar-refractivity contribution in [2.75, 3.05) is 16.8 Å². The maximum atomic E-state index is 12.1.